The third-order valence-corrected chi connectivity index (χ3v) is 5.53. The Balaban J connectivity index is 1.59. The number of phenols is 1. The van der Waals surface area contributed by atoms with E-state index in [-0.39, 0.29) is 11.3 Å². The normalized spacial score (nSPS) is 16.9. The maximum atomic E-state index is 13.3. The molecule has 3 aromatic carbocycles. The fraction of sp³-hybridized carbons (Fsp3) is 0.120. The first-order valence-corrected chi connectivity index (χ1v) is 10.0. The minimum Gasteiger partial charge on any atom is -0.508 e. The van der Waals surface area contributed by atoms with Gasteiger partial charge in [-0.05, 0) is 54.1 Å². The number of benzene rings is 3. The summed E-state index contributed by atoms with van der Waals surface area (Å²) in [6.45, 7) is 0. The van der Waals surface area contributed by atoms with E-state index in [1.807, 2.05) is 6.07 Å². The Morgan fingerprint density at radius 2 is 1.72 bits per heavy atom. The van der Waals surface area contributed by atoms with Crippen molar-refractivity contribution in [2.45, 2.75) is 12.0 Å². The minimum atomic E-state index is -1.01. The zero-order chi connectivity index (χ0) is 22.2. The number of amides is 1. The van der Waals surface area contributed by atoms with E-state index < -0.39 is 23.6 Å². The lowest BCUT2D eigenvalue weighted by molar-refractivity contribution is -0.122. The maximum Gasteiger partial charge on any atom is 0.344 e. The molecule has 1 aromatic heterocycles. The van der Waals surface area contributed by atoms with Gasteiger partial charge >= 0.3 is 5.63 Å². The fourth-order valence-corrected chi connectivity index (χ4v) is 3.99. The summed E-state index contributed by atoms with van der Waals surface area (Å²) in [7, 11) is 1.56. The van der Waals surface area contributed by atoms with Crippen LogP contribution in [-0.4, -0.2) is 24.2 Å². The number of rotatable bonds is 4. The van der Waals surface area contributed by atoms with E-state index in [9.17, 15) is 14.7 Å². The number of ether oxygens (including phenoxy) is 2. The molecule has 0 bridgehead atoms. The van der Waals surface area contributed by atoms with Gasteiger partial charge in [-0.3, -0.25) is 4.79 Å². The van der Waals surface area contributed by atoms with Crippen LogP contribution in [0.3, 0.4) is 0 Å². The van der Waals surface area contributed by atoms with Crippen molar-refractivity contribution in [3.8, 4) is 17.2 Å². The molecule has 2 heterocycles. The average molecular weight is 429 g/mol. The summed E-state index contributed by atoms with van der Waals surface area (Å²) in [5.41, 5.74) is 1.33. The lowest BCUT2D eigenvalue weighted by atomic mass is 9.88. The topological polar surface area (TPSA) is 98.0 Å². The highest BCUT2D eigenvalue weighted by atomic mass is 16.5. The second kappa shape index (κ2) is 7.77. The van der Waals surface area contributed by atoms with Crippen LogP contribution in [0.25, 0.3) is 11.0 Å². The van der Waals surface area contributed by atoms with E-state index in [4.69, 9.17) is 13.9 Å². The summed E-state index contributed by atoms with van der Waals surface area (Å²) in [4.78, 5) is 26.2. The largest absolute Gasteiger partial charge is 0.508 e. The number of carbonyl (C=O) groups is 1. The van der Waals surface area contributed by atoms with Crippen LogP contribution in [0.1, 0.15) is 17.0 Å². The molecule has 0 spiro atoms. The number of anilines is 1. The van der Waals surface area contributed by atoms with E-state index in [0.717, 1.165) is 0 Å². The van der Waals surface area contributed by atoms with Crippen LogP contribution in [0, 0.1) is 0 Å². The monoisotopic (exact) mass is 429 g/mol. The maximum absolute atomic E-state index is 13.3. The number of nitrogens with one attached hydrogen (secondary N) is 1. The van der Waals surface area contributed by atoms with Gasteiger partial charge in [-0.15, -0.1) is 0 Å². The molecule has 160 valence electrons. The summed E-state index contributed by atoms with van der Waals surface area (Å²) < 4.78 is 16.8. The van der Waals surface area contributed by atoms with Crippen molar-refractivity contribution in [1.29, 1.82) is 0 Å². The molecule has 2 N–H and O–H groups in total. The molecule has 0 aliphatic carbocycles. The Bertz CT molecular complexity index is 1360. The second-order valence-corrected chi connectivity index (χ2v) is 7.45. The number of phenolic OH excluding ortho intramolecular Hbond substituents is 1. The van der Waals surface area contributed by atoms with Crippen molar-refractivity contribution >= 4 is 22.6 Å². The fourth-order valence-electron chi connectivity index (χ4n) is 3.99. The predicted octanol–water partition coefficient (Wildman–Crippen LogP) is 4.04. The van der Waals surface area contributed by atoms with Crippen LogP contribution in [-0.2, 0) is 4.79 Å². The zero-order valence-corrected chi connectivity index (χ0v) is 17.1. The highest BCUT2D eigenvalue weighted by Crippen LogP contribution is 2.44. The zero-order valence-electron chi connectivity index (χ0n) is 17.1. The molecule has 2 atom stereocenters. The first kappa shape index (κ1) is 19.7. The van der Waals surface area contributed by atoms with Crippen LogP contribution >= 0.6 is 0 Å². The van der Waals surface area contributed by atoms with Crippen LogP contribution in [0.5, 0.6) is 17.2 Å². The Kier molecular flexibility index (Phi) is 4.78. The van der Waals surface area contributed by atoms with Gasteiger partial charge in [-0.1, -0.05) is 24.3 Å². The van der Waals surface area contributed by atoms with Gasteiger partial charge in [0.25, 0.3) is 5.91 Å². The van der Waals surface area contributed by atoms with Crippen molar-refractivity contribution in [2.24, 2.45) is 0 Å². The van der Waals surface area contributed by atoms with E-state index in [2.05, 4.69) is 5.32 Å². The van der Waals surface area contributed by atoms with E-state index >= 15 is 0 Å². The number of methoxy groups -OCH3 is 1. The van der Waals surface area contributed by atoms with E-state index in [0.29, 0.717) is 33.7 Å². The quantitative estimate of drug-likeness (QED) is 0.475. The summed E-state index contributed by atoms with van der Waals surface area (Å²) in [5.74, 6) is -0.0290. The third-order valence-electron chi connectivity index (χ3n) is 5.53. The molecule has 7 heteroatoms. The molecule has 0 saturated carbocycles. The van der Waals surface area contributed by atoms with Crippen molar-refractivity contribution in [3.63, 3.8) is 0 Å². The van der Waals surface area contributed by atoms with E-state index in [1.54, 1.807) is 61.7 Å². The molecule has 1 amide bonds. The van der Waals surface area contributed by atoms with Gasteiger partial charge < -0.3 is 24.3 Å². The second-order valence-electron chi connectivity index (χ2n) is 7.45. The van der Waals surface area contributed by atoms with Crippen LogP contribution in [0.15, 0.2) is 82.0 Å². The summed E-state index contributed by atoms with van der Waals surface area (Å²) >= 11 is 0. The van der Waals surface area contributed by atoms with Crippen molar-refractivity contribution in [2.75, 3.05) is 12.4 Å². The minimum absolute atomic E-state index is 0.0812. The molecule has 0 radical (unpaired) electrons. The lowest BCUT2D eigenvalue weighted by Gasteiger charge is -2.19. The van der Waals surface area contributed by atoms with Crippen molar-refractivity contribution in [3.05, 3.63) is 94.3 Å². The predicted molar refractivity (Wildman–Crippen MR) is 118 cm³/mol. The number of para-hydroxylation sites is 1. The van der Waals surface area contributed by atoms with Gasteiger partial charge in [0.15, 0.2) is 6.10 Å². The summed E-state index contributed by atoms with van der Waals surface area (Å²) in [6.07, 6.45) is -1.01. The molecule has 1 aliphatic heterocycles. The summed E-state index contributed by atoms with van der Waals surface area (Å²) in [5, 5.41) is 13.2. The smallest absolute Gasteiger partial charge is 0.344 e. The Morgan fingerprint density at radius 1 is 1.00 bits per heavy atom. The molecule has 0 unspecified atom stereocenters. The molecular weight excluding hydrogens is 410 g/mol. The molecular formula is C25H19NO6. The first-order valence-electron chi connectivity index (χ1n) is 10.0. The third kappa shape index (κ3) is 3.33. The number of fused-ring (bicyclic) bond motifs is 3. The highest BCUT2D eigenvalue weighted by molar-refractivity contribution is 5.97. The number of hydrogen-bond donors (Lipinski definition) is 2. The van der Waals surface area contributed by atoms with E-state index in [1.165, 1.54) is 12.1 Å². The van der Waals surface area contributed by atoms with Crippen LogP contribution < -0.4 is 20.4 Å². The van der Waals surface area contributed by atoms with Gasteiger partial charge in [0.2, 0.25) is 0 Å². The van der Waals surface area contributed by atoms with Gasteiger partial charge in [-0.25, -0.2) is 4.79 Å². The summed E-state index contributed by atoms with van der Waals surface area (Å²) in [6, 6.07) is 20.3. The number of hydrogen-bond acceptors (Lipinski definition) is 6. The molecule has 4 aromatic rings. The SMILES string of the molecule is COc1ccc(NC(=O)[C@H]2Oc3c(c(=O)oc4ccccc34)[C@H]2c2ccc(O)cc2)cc1. The highest BCUT2D eigenvalue weighted by Gasteiger charge is 2.44. The molecule has 7 nitrogen and oxygen atoms in total. The lowest BCUT2D eigenvalue weighted by Crippen LogP contribution is -2.35. The molecule has 0 saturated heterocycles. The Morgan fingerprint density at radius 3 is 2.44 bits per heavy atom. The molecule has 32 heavy (non-hydrogen) atoms. The number of aromatic hydroxyl groups is 1. The van der Waals surface area contributed by atoms with Crippen molar-refractivity contribution in [1.82, 2.24) is 0 Å². The molecule has 1 aliphatic rings. The van der Waals surface area contributed by atoms with Crippen molar-refractivity contribution < 1.29 is 23.8 Å². The number of carbonyl (C=O) groups excluding carboxylic acids is 1. The Hall–Kier alpha value is -4.26. The van der Waals surface area contributed by atoms with Gasteiger partial charge in [-0.2, -0.15) is 0 Å². The van der Waals surface area contributed by atoms with Gasteiger partial charge in [0.1, 0.15) is 22.8 Å². The molecule has 0 fully saturated rings. The first-order chi connectivity index (χ1) is 15.5. The standard InChI is InChI=1S/C25H19NO6/c1-30-17-12-8-15(9-13-17)26-24(28)23-20(14-6-10-16(27)11-7-14)21-22(32-23)18-4-2-3-5-19(18)31-25(21)29/h2-13,20,23,27H,1H3,(H,26,28)/t20-,23+/m1/s1. The average Bonchev–Trinajstić information content (AvgIpc) is 3.22. The van der Waals surface area contributed by atoms with Gasteiger partial charge in [0, 0.05) is 5.69 Å². The van der Waals surface area contributed by atoms with Gasteiger partial charge in [0.05, 0.1) is 24.0 Å². The molecule has 5 rings (SSSR count). The van der Waals surface area contributed by atoms with Crippen LogP contribution in [0.2, 0.25) is 0 Å². The van der Waals surface area contributed by atoms with Crippen LogP contribution in [0.4, 0.5) is 5.69 Å². The Labute approximate surface area is 182 Å².